The van der Waals surface area contributed by atoms with Crippen LogP contribution in [0.3, 0.4) is 0 Å². The molecule has 134 valence electrons. The van der Waals surface area contributed by atoms with Crippen molar-refractivity contribution < 1.29 is 14.3 Å². The Kier molecular flexibility index (Phi) is 4.16. The summed E-state index contributed by atoms with van der Waals surface area (Å²) in [4.78, 5) is 15.4. The van der Waals surface area contributed by atoms with Crippen LogP contribution in [-0.4, -0.2) is 25.7 Å². The van der Waals surface area contributed by atoms with Crippen molar-refractivity contribution in [3.8, 4) is 11.3 Å². The van der Waals surface area contributed by atoms with Crippen LogP contribution in [0.15, 0.2) is 60.8 Å². The van der Waals surface area contributed by atoms with E-state index in [0.29, 0.717) is 23.4 Å². The number of hydrogen-bond donors (Lipinski definition) is 1. The van der Waals surface area contributed by atoms with Crippen LogP contribution < -0.4 is 0 Å². The van der Waals surface area contributed by atoms with Gasteiger partial charge in [0.15, 0.2) is 0 Å². The van der Waals surface area contributed by atoms with E-state index in [4.69, 9.17) is 0 Å². The number of carboxylic acids is 1. The van der Waals surface area contributed by atoms with E-state index in [0.717, 1.165) is 16.6 Å². The molecule has 6 heteroatoms. The maximum absolute atomic E-state index is 13.8. The number of halogens is 1. The van der Waals surface area contributed by atoms with Gasteiger partial charge in [-0.05, 0) is 42.8 Å². The highest BCUT2D eigenvalue weighted by atomic mass is 19.1. The quantitative estimate of drug-likeness (QED) is 0.593. The molecule has 0 spiro atoms. The Morgan fingerprint density at radius 1 is 1.15 bits per heavy atom. The van der Waals surface area contributed by atoms with Gasteiger partial charge < -0.3 is 5.11 Å². The van der Waals surface area contributed by atoms with E-state index in [2.05, 4.69) is 10.1 Å². The summed E-state index contributed by atoms with van der Waals surface area (Å²) in [6, 6.07) is 15.1. The molecule has 0 amide bonds. The molecule has 5 nitrogen and oxygen atoms in total. The van der Waals surface area contributed by atoms with E-state index in [1.165, 1.54) is 18.2 Å². The molecule has 4 aromatic rings. The molecule has 4 rings (SSSR count). The molecule has 0 radical (unpaired) electrons. The van der Waals surface area contributed by atoms with Crippen LogP contribution >= 0.6 is 0 Å². The van der Waals surface area contributed by atoms with E-state index >= 15 is 0 Å². The molecule has 1 N–H and O–H groups in total. The van der Waals surface area contributed by atoms with Crippen molar-refractivity contribution in [1.82, 2.24) is 14.6 Å². The third kappa shape index (κ3) is 3.29. The third-order valence-corrected chi connectivity index (χ3v) is 4.36. The first-order valence-corrected chi connectivity index (χ1v) is 8.44. The number of carboxylic acid groups (broad SMARTS) is 1. The lowest BCUT2D eigenvalue weighted by atomic mass is 10.0. The summed E-state index contributed by atoms with van der Waals surface area (Å²) in [5.74, 6) is -1.41. The molecule has 0 aliphatic rings. The van der Waals surface area contributed by atoms with Crippen molar-refractivity contribution in [1.29, 1.82) is 0 Å². The lowest BCUT2D eigenvalue weighted by Crippen LogP contribution is -2.03. The summed E-state index contributed by atoms with van der Waals surface area (Å²) in [6.45, 7) is 1.97. The molecular weight excluding hydrogens is 345 g/mol. The van der Waals surface area contributed by atoms with Crippen LogP contribution in [0.2, 0.25) is 0 Å². The molecule has 0 saturated carbocycles. The Bertz CT molecular complexity index is 1170. The minimum absolute atomic E-state index is 0.00729. The molecule has 0 unspecified atom stereocenters. The van der Waals surface area contributed by atoms with Gasteiger partial charge in [-0.3, -0.25) is 0 Å². The summed E-state index contributed by atoms with van der Waals surface area (Å²) in [5.41, 5.74) is 4.73. The molecule has 3 heterocycles. The number of benzene rings is 1. The SMILES string of the molecule is Cc1ccc2c(Cc3cccc(C(=O)O)n3)c(-c3cccc(F)c3)nn2c1. The number of aromatic nitrogens is 3. The van der Waals surface area contributed by atoms with Crippen LogP contribution in [0, 0.1) is 12.7 Å². The Hall–Kier alpha value is -3.54. The van der Waals surface area contributed by atoms with Crippen molar-refractivity contribution in [3.63, 3.8) is 0 Å². The zero-order valence-electron chi connectivity index (χ0n) is 14.6. The first-order chi connectivity index (χ1) is 13.0. The number of carbonyl (C=O) groups is 1. The van der Waals surface area contributed by atoms with E-state index in [1.54, 1.807) is 22.7 Å². The van der Waals surface area contributed by atoms with Crippen molar-refractivity contribution in [2.24, 2.45) is 0 Å². The van der Waals surface area contributed by atoms with Gasteiger partial charge in [-0.2, -0.15) is 5.10 Å². The second-order valence-corrected chi connectivity index (χ2v) is 6.37. The van der Waals surface area contributed by atoms with Crippen molar-refractivity contribution in [2.45, 2.75) is 13.3 Å². The van der Waals surface area contributed by atoms with Gasteiger partial charge in [0.25, 0.3) is 0 Å². The standard InChI is InChI=1S/C21H16FN3O2/c1-13-8-9-19-17(11-16-6-3-7-18(23-16)21(26)27)20(24-25(19)12-13)14-4-2-5-15(22)10-14/h2-10,12H,11H2,1H3,(H,26,27). The number of aryl methyl sites for hydroxylation is 1. The Morgan fingerprint density at radius 3 is 2.74 bits per heavy atom. The van der Waals surface area contributed by atoms with E-state index in [9.17, 15) is 14.3 Å². The van der Waals surface area contributed by atoms with Gasteiger partial charge in [-0.1, -0.05) is 24.3 Å². The molecular formula is C21H16FN3O2. The fourth-order valence-corrected chi connectivity index (χ4v) is 3.12. The second kappa shape index (κ2) is 6.64. The number of pyridine rings is 2. The van der Waals surface area contributed by atoms with Crippen LogP contribution in [-0.2, 0) is 6.42 Å². The average Bonchev–Trinajstić information content (AvgIpc) is 2.99. The maximum Gasteiger partial charge on any atom is 0.354 e. The van der Waals surface area contributed by atoms with Crippen molar-refractivity contribution in [3.05, 3.63) is 89.1 Å². The summed E-state index contributed by atoms with van der Waals surface area (Å²) in [6.07, 6.45) is 2.29. The van der Waals surface area contributed by atoms with Crippen LogP contribution in [0.25, 0.3) is 16.8 Å². The predicted molar refractivity (Wildman–Crippen MR) is 99.3 cm³/mol. The molecule has 0 aliphatic carbocycles. The van der Waals surface area contributed by atoms with E-state index < -0.39 is 5.97 Å². The first kappa shape index (κ1) is 16.9. The van der Waals surface area contributed by atoms with Gasteiger partial charge >= 0.3 is 5.97 Å². The fraction of sp³-hybridized carbons (Fsp3) is 0.0952. The fourth-order valence-electron chi connectivity index (χ4n) is 3.12. The summed E-state index contributed by atoms with van der Waals surface area (Å²) in [7, 11) is 0. The summed E-state index contributed by atoms with van der Waals surface area (Å²) in [5, 5.41) is 13.8. The lowest BCUT2D eigenvalue weighted by Gasteiger charge is -2.05. The minimum Gasteiger partial charge on any atom is -0.477 e. The van der Waals surface area contributed by atoms with Crippen LogP contribution in [0.5, 0.6) is 0 Å². The predicted octanol–water partition coefficient (Wildman–Crippen LogP) is 4.13. The van der Waals surface area contributed by atoms with E-state index in [1.807, 2.05) is 31.3 Å². The van der Waals surface area contributed by atoms with Crippen LogP contribution in [0.1, 0.15) is 27.3 Å². The van der Waals surface area contributed by atoms with Gasteiger partial charge in [-0.15, -0.1) is 0 Å². The van der Waals surface area contributed by atoms with Gasteiger partial charge in [0.2, 0.25) is 0 Å². The molecule has 0 atom stereocenters. The zero-order chi connectivity index (χ0) is 19.0. The highest BCUT2D eigenvalue weighted by Crippen LogP contribution is 2.29. The largest absolute Gasteiger partial charge is 0.477 e. The molecule has 0 aliphatic heterocycles. The maximum atomic E-state index is 13.8. The van der Waals surface area contributed by atoms with Gasteiger partial charge in [-0.25, -0.2) is 18.7 Å². The summed E-state index contributed by atoms with van der Waals surface area (Å²) >= 11 is 0. The highest BCUT2D eigenvalue weighted by Gasteiger charge is 2.17. The minimum atomic E-state index is -1.07. The topological polar surface area (TPSA) is 67.5 Å². The lowest BCUT2D eigenvalue weighted by molar-refractivity contribution is 0.0690. The number of aromatic carboxylic acids is 1. The summed E-state index contributed by atoms with van der Waals surface area (Å²) < 4.78 is 15.5. The third-order valence-electron chi connectivity index (χ3n) is 4.36. The number of rotatable bonds is 4. The average molecular weight is 361 g/mol. The smallest absolute Gasteiger partial charge is 0.354 e. The van der Waals surface area contributed by atoms with Crippen molar-refractivity contribution >= 4 is 11.5 Å². The Labute approximate surface area is 154 Å². The van der Waals surface area contributed by atoms with Crippen LogP contribution in [0.4, 0.5) is 4.39 Å². The Morgan fingerprint density at radius 2 is 1.96 bits per heavy atom. The number of hydrogen-bond acceptors (Lipinski definition) is 3. The normalized spacial score (nSPS) is 11.0. The molecule has 1 aromatic carbocycles. The molecule has 0 saturated heterocycles. The Balaban J connectivity index is 1.89. The highest BCUT2D eigenvalue weighted by molar-refractivity contribution is 5.85. The molecule has 0 bridgehead atoms. The molecule has 0 fully saturated rings. The number of fused-ring (bicyclic) bond motifs is 1. The van der Waals surface area contributed by atoms with Gasteiger partial charge in [0.1, 0.15) is 11.5 Å². The molecule has 3 aromatic heterocycles. The second-order valence-electron chi connectivity index (χ2n) is 6.37. The zero-order valence-corrected chi connectivity index (χ0v) is 14.6. The van der Waals surface area contributed by atoms with Crippen molar-refractivity contribution in [2.75, 3.05) is 0 Å². The van der Waals surface area contributed by atoms with E-state index in [-0.39, 0.29) is 11.5 Å². The molecule has 27 heavy (non-hydrogen) atoms. The monoisotopic (exact) mass is 361 g/mol. The van der Waals surface area contributed by atoms with Gasteiger partial charge in [0.05, 0.1) is 11.2 Å². The van der Waals surface area contributed by atoms with Gasteiger partial charge in [0, 0.05) is 29.4 Å². The number of nitrogens with zero attached hydrogens (tertiary/aromatic N) is 3. The first-order valence-electron chi connectivity index (χ1n) is 8.44.